The summed E-state index contributed by atoms with van der Waals surface area (Å²) in [6, 6.07) is 12.8. The molecule has 0 atom stereocenters. The van der Waals surface area contributed by atoms with E-state index in [1.54, 1.807) is 19.2 Å². The van der Waals surface area contributed by atoms with E-state index >= 15 is 0 Å². The largest absolute Gasteiger partial charge is 0.332 e. The zero-order chi connectivity index (χ0) is 16.8. The predicted octanol–water partition coefficient (Wildman–Crippen LogP) is 3.10. The van der Waals surface area contributed by atoms with Gasteiger partial charge in [-0.15, -0.1) is 0 Å². The van der Waals surface area contributed by atoms with Crippen molar-refractivity contribution in [3.63, 3.8) is 0 Å². The number of likely N-dealkylation sites (N-methyl/N-ethyl adjacent to an activating group) is 1. The van der Waals surface area contributed by atoms with Crippen molar-refractivity contribution in [2.24, 2.45) is 0 Å². The molecule has 1 N–H and O–H groups in total. The Bertz CT molecular complexity index is 681. The van der Waals surface area contributed by atoms with Gasteiger partial charge in [0.1, 0.15) is 5.82 Å². The molecule has 0 aromatic heterocycles. The number of amides is 2. The highest BCUT2D eigenvalue weighted by Crippen LogP contribution is 2.10. The molecule has 0 aliphatic heterocycles. The minimum atomic E-state index is -0.370. The number of benzene rings is 2. The summed E-state index contributed by atoms with van der Waals surface area (Å²) in [7, 11) is 1.57. The van der Waals surface area contributed by atoms with E-state index in [2.05, 4.69) is 5.32 Å². The third-order valence-corrected chi connectivity index (χ3v) is 3.46. The highest BCUT2D eigenvalue weighted by atomic mass is 19.1. The van der Waals surface area contributed by atoms with E-state index in [4.69, 9.17) is 0 Å². The van der Waals surface area contributed by atoms with Gasteiger partial charge in [-0.05, 0) is 48.4 Å². The Morgan fingerprint density at radius 3 is 2.22 bits per heavy atom. The highest BCUT2D eigenvalue weighted by molar-refractivity contribution is 5.99. The second-order valence-electron chi connectivity index (χ2n) is 5.27. The molecule has 2 rings (SSSR count). The second-order valence-corrected chi connectivity index (χ2v) is 5.27. The van der Waals surface area contributed by atoms with Gasteiger partial charge in [0.2, 0.25) is 5.91 Å². The van der Waals surface area contributed by atoms with Crippen molar-refractivity contribution in [2.75, 3.05) is 18.9 Å². The molecule has 4 nitrogen and oxygen atoms in total. The van der Waals surface area contributed by atoms with Crippen molar-refractivity contribution in [3.8, 4) is 0 Å². The third-order valence-electron chi connectivity index (χ3n) is 3.46. The zero-order valence-corrected chi connectivity index (χ0v) is 13.2. The second kappa shape index (κ2) is 7.54. The van der Waals surface area contributed by atoms with Gasteiger partial charge < -0.3 is 10.2 Å². The van der Waals surface area contributed by atoms with Crippen LogP contribution in [0.4, 0.5) is 10.1 Å². The lowest BCUT2D eigenvalue weighted by molar-refractivity contribution is -0.116. The van der Waals surface area contributed by atoms with Crippen LogP contribution >= 0.6 is 0 Å². The smallest absolute Gasteiger partial charge is 0.254 e. The molecular formula is C18H19FN2O2. The minimum Gasteiger partial charge on any atom is -0.332 e. The van der Waals surface area contributed by atoms with E-state index in [0.717, 1.165) is 12.0 Å². The fraction of sp³-hybridized carbons (Fsp3) is 0.222. The van der Waals surface area contributed by atoms with Crippen molar-refractivity contribution in [2.45, 2.75) is 13.3 Å². The summed E-state index contributed by atoms with van der Waals surface area (Å²) in [5, 5.41) is 2.63. The van der Waals surface area contributed by atoms with Crippen LogP contribution in [-0.2, 0) is 11.2 Å². The van der Waals surface area contributed by atoms with Gasteiger partial charge in [0, 0.05) is 18.3 Å². The number of hydrogen-bond donors (Lipinski definition) is 1. The molecule has 2 amide bonds. The molecule has 0 unspecified atom stereocenters. The van der Waals surface area contributed by atoms with Gasteiger partial charge in [-0.1, -0.05) is 19.1 Å². The standard InChI is InChI=1S/C18H19FN2O2/c1-3-13-4-6-14(7-5-13)18(23)21(2)12-17(22)20-16-10-8-15(19)9-11-16/h4-11H,3,12H2,1-2H3,(H,20,22). The van der Waals surface area contributed by atoms with Crippen LogP contribution < -0.4 is 5.32 Å². The molecule has 5 heteroatoms. The van der Waals surface area contributed by atoms with Crippen LogP contribution in [0.2, 0.25) is 0 Å². The number of carbonyl (C=O) groups excluding carboxylic acids is 2. The maximum atomic E-state index is 12.8. The molecule has 2 aromatic carbocycles. The SMILES string of the molecule is CCc1ccc(C(=O)N(C)CC(=O)Nc2ccc(F)cc2)cc1. The van der Waals surface area contributed by atoms with Gasteiger partial charge in [0.05, 0.1) is 6.54 Å². The van der Waals surface area contributed by atoms with E-state index in [-0.39, 0.29) is 24.2 Å². The normalized spacial score (nSPS) is 10.2. The van der Waals surface area contributed by atoms with Gasteiger partial charge in [0.15, 0.2) is 0 Å². The summed E-state index contributed by atoms with van der Waals surface area (Å²) in [6.07, 6.45) is 0.907. The quantitative estimate of drug-likeness (QED) is 0.922. The van der Waals surface area contributed by atoms with E-state index < -0.39 is 0 Å². The van der Waals surface area contributed by atoms with Gasteiger partial charge in [-0.2, -0.15) is 0 Å². The molecule has 0 fully saturated rings. The Balaban J connectivity index is 1.94. The molecule has 23 heavy (non-hydrogen) atoms. The molecule has 2 aromatic rings. The van der Waals surface area contributed by atoms with Crippen molar-refractivity contribution < 1.29 is 14.0 Å². The summed E-state index contributed by atoms with van der Waals surface area (Å²) in [6.45, 7) is 1.97. The monoisotopic (exact) mass is 314 g/mol. The molecule has 0 radical (unpaired) electrons. The third kappa shape index (κ3) is 4.64. The summed E-state index contributed by atoms with van der Waals surface area (Å²) < 4.78 is 12.8. The summed E-state index contributed by atoms with van der Waals surface area (Å²) in [5.41, 5.74) is 2.18. The number of aryl methyl sites for hydroxylation is 1. The number of anilines is 1. The Morgan fingerprint density at radius 2 is 1.65 bits per heavy atom. The van der Waals surface area contributed by atoms with Crippen molar-refractivity contribution >= 4 is 17.5 Å². The lowest BCUT2D eigenvalue weighted by Gasteiger charge is -2.17. The van der Waals surface area contributed by atoms with Crippen LogP contribution in [0.25, 0.3) is 0 Å². The summed E-state index contributed by atoms with van der Waals surface area (Å²) in [4.78, 5) is 25.6. The average Bonchev–Trinajstić information content (AvgIpc) is 2.56. The Labute approximate surface area is 134 Å². The highest BCUT2D eigenvalue weighted by Gasteiger charge is 2.15. The van der Waals surface area contributed by atoms with Crippen molar-refractivity contribution in [3.05, 3.63) is 65.5 Å². The molecular weight excluding hydrogens is 295 g/mol. The average molecular weight is 314 g/mol. The number of hydrogen-bond acceptors (Lipinski definition) is 2. The van der Waals surface area contributed by atoms with Gasteiger partial charge >= 0.3 is 0 Å². The molecule has 0 bridgehead atoms. The van der Waals surface area contributed by atoms with Gasteiger partial charge in [-0.3, -0.25) is 9.59 Å². The fourth-order valence-electron chi connectivity index (χ4n) is 2.12. The maximum absolute atomic E-state index is 12.8. The molecule has 0 saturated carbocycles. The summed E-state index contributed by atoms with van der Waals surface area (Å²) in [5.74, 6) is -0.926. The Kier molecular flexibility index (Phi) is 5.46. The van der Waals surface area contributed by atoms with Crippen molar-refractivity contribution in [1.29, 1.82) is 0 Å². The topological polar surface area (TPSA) is 49.4 Å². The maximum Gasteiger partial charge on any atom is 0.254 e. The van der Waals surface area contributed by atoms with Crippen LogP contribution in [0.5, 0.6) is 0 Å². The van der Waals surface area contributed by atoms with Crippen LogP contribution in [0.1, 0.15) is 22.8 Å². The molecule has 0 spiro atoms. The molecule has 0 aliphatic carbocycles. The number of halogens is 1. The first-order valence-electron chi connectivity index (χ1n) is 7.39. The van der Waals surface area contributed by atoms with E-state index in [9.17, 15) is 14.0 Å². The predicted molar refractivity (Wildman–Crippen MR) is 87.8 cm³/mol. The van der Waals surface area contributed by atoms with Gasteiger partial charge in [-0.25, -0.2) is 4.39 Å². The summed E-state index contributed by atoms with van der Waals surface area (Å²) >= 11 is 0. The molecule has 0 heterocycles. The zero-order valence-electron chi connectivity index (χ0n) is 13.2. The van der Waals surface area contributed by atoms with Crippen LogP contribution in [0.3, 0.4) is 0 Å². The lowest BCUT2D eigenvalue weighted by atomic mass is 10.1. The van der Waals surface area contributed by atoms with E-state index in [1.807, 2.05) is 19.1 Å². The molecule has 0 saturated heterocycles. The Hall–Kier alpha value is -2.69. The number of nitrogens with one attached hydrogen (secondary N) is 1. The van der Waals surface area contributed by atoms with Crippen LogP contribution in [-0.4, -0.2) is 30.3 Å². The first-order chi connectivity index (χ1) is 11.0. The van der Waals surface area contributed by atoms with E-state index in [1.165, 1.54) is 29.2 Å². The fourth-order valence-corrected chi connectivity index (χ4v) is 2.12. The number of rotatable bonds is 5. The lowest BCUT2D eigenvalue weighted by Crippen LogP contribution is -2.34. The van der Waals surface area contributed by atoms with Crippen molar-refractivity contribution in [1.82, 2.24) is 4.90 Å². The van der Waals surface area contributed by atoms with Crippen LogP contribution in [0.15, 0.2) is 48.5 Å². The Morgan fingerprint density at radius 1 is 1.04 bits per heavy atom. The molecule has 0 aliphatic rings. The van der Waals surface area contributed by atoms with E-state index in [0.29, 0.717) is 11.3 Å². The van der Waals surface area contributed by atoms with Crippen LogP contribution in [0, 0.1) is 5.82 Å². The number of nitrogens with zero attached hydrogens (tertiary/aromatic N) is 1. The van der Waals surface area contributed by atoms with Gasteiger partial charge in [0.25, 0.3) is 5.91 Å². The first kappa shape index (κ1) is 16.7. The number of carbonyl (C=O) groups is 2. The minimum absolute atomic E-state index is 0.0776. The first-order valence-corrected chi connectivity index (χ1v) is 7.39. The molecule has 120 valence electrons.